The molecule has 34 heavy (non-hydrogen) atoms. The van der Waals surface area contributed by atoms with E-state index in [1.807, 2.05) is 0 Å². The summed E-state index contributed by atoms with van der Waals surface area (Å²) in [6.07, 6.45) is 9.33. The fourth-order valence-corrected chi connectivity index (χ4v) is 6.85. The van der Waals surface area contributed by atoms with Crippen molar-refractivity contribution in [2.75, 3.05) is 19.6 Å². The number of rotatable bonds is 5. The number of nitrogens with zero attached hydrogens (tertiary/aromatic N) is 1. The lowest BCUT2D eigenvalue weighted by atomic mass is 9.68. The number of ether oxygens (including phenoxy) is 1. The van der Waals surface area contributed by atoms with Crippen molar-refractivity contribution >= 4 is 5.91 Å². The lowest BCUT2D eigenvalue weighted by Crippen LogP contribution is -2.58. The Hall–Kier alpha value is -2.17. The third-order valence-electron chi connectivity index (χ3n) is 8.66. The summed E-state index contributed by atoms with van der Waals surface area (Å²) in [7, 11) is 0. The van der Waals surface area contributed by atoms with Gasteiger partial charge in [-0.15, -0.1) is 0 Å². The predicted octanol–water partition coefficient (Wildman–Crippen LogP) is 5.78. The zero-order valence-corrected chi connectivity index (χ0v) is 20.7. The van der Waals surface area contributed by atoms with E-state index < -0.39 is 0 Å². The Kier molecular flexibility index (Phi) is 7.08. The highest BCUT2D eigenvalue weighted by atomic mass is 16.5. The average Bonchev–Trinajstić information content (AvgIpc) is 2.90. The molecule has 182 valence electrons. The molecule has 1 amide bonds. The van der Waals surface area contributed by atoms with Crippen molar-refractivity contribution in [1.29, 1.82) is 0 Å². The highest BCUT2D eigenvalue weighted by Crippen LogP contribution is 2.46. The van der Waals surface area contributed by atoms with E-state index in [1.54, 1.807) is 0 Å². The minimum absolute atomic E-state index is 0.0407. The minimum atomic E-state index is -0.378. The van der Waals surface area contributed by atoms with Crippen LogP contribution >= 0.6 is 0 Å². The van der Waals surface area contributed by atoms with E-state index in [9.17, 15) is 4.79 Å². The second-order valence-electron chi connectivity index (χ2n) is 10.6. The molecule has 0 bridgehead atoms. The van der Waals surface area contributed by atoms with Gasteiger partial charge >= 0.3 is 0 Å². The first kappa shape index (κ1) is 23.6. The third-order valence-corrected chi connectivity index (χ3v) is 8.66. The van der Waals surface area contributed by atoms with Crippen molar-refractivity contribution < 1.29 is 9.53 Å². The maximum absolute atomic E-state index is 14.5. The van der Waals surface area contributed by atoms with Crippen LogP contribution in [-0.4, -0.2) is 42.1 Å². The molecule has 4 heteroatoms. The molecule has 1 aliphatic carbocycles. The average molecular weight is 461 g/mol. The third kappa shape index (κ3) is 4.55. The van der Waals surface area contributed by atoms with Crippen molar-refractivity contribution in [3.05, 3.63) is 71.8 Å². The summed E-state index contributed by atoms with van der Waals surface area (Å²) < 4.78 is 6.88. The van der Waals surface area contributed by atoms with Crippen LogP contribution in [0.1, 0.15) is 81.9 Å². The summed E-state index contributed by atoms with van der Waals surface area (Å²) in [6, 6.07) is 21.5. The van der Waals surface area contributed by atoms with Crippen LogP contribution in [-0.2, 0) is 14.9 Å². The molecule has 3 fully saturated rings. The van der Waals surface area contributed by atoms with Crippen LogP contribution in [0.3, 0.4) is 0 Å². The van der Waals surface area contributed by atoms with Crippen molar-refractivity contribution in [2.45, 2.75) is 87.9 Å². The first-order chi connectivity index (χ1) is 16.7. The van der Waals surface area contributed by atoms with Gasteiger partial charge in [0, 0.05) is 12.6 Å². The molecule has 2 saturated heterocycles. The van der Waals surface area contributed by atoms with E-state index in [2.05, 4.69) is 77.8 Å². The van der Waals surface area contributed by atoms with Gasteiger partial charge in [-0.05, 0) is 69.7 Å². The van der Waals surface area contributed by atoms with Gasteiger partial charge in [-0.2, -0.15) is 0 Å². The van der Waals surface area contributed by atoms with Crippen molar-refractivity contribution in [1.82, 2.24) is 10.2 Å². The molecular formula is C30H40N2O2. The number of hydrogen-bond donors (Lipinski definition) is 1. The Morgan fingerprint density at radius 1 is 0.941 bits per heavy atom. The molecule has 2 aromatic rings. The number of carbonyl (C=O) groups is 1. The topological polar surface area (TPSA) is 41.6 Å². The number of likely N-dealkylation sites (N-methyl/N-ethyl adjacent to an activating group) is 1. The molecule has 3 aliphatic rings. The summed E-state index contributed by atoms with van der Waals surface area (Å²) in [4.78, 5) is 16.8. The summed E-state index contributed by atoms with van der Waals surface area (Å²) in [5.41, 5.74) is 1.93. The molecule has 1 saturated carbocycles. The number of nitrogens with one attached hydrogen (secondary N) is 1. The molecule has 2 aromatic carbocycles. The molecule has 1 spiro atoms. The maximum Gasteiger partial charge on any atom is 0.233 e. The number of piperidine rings is 1. The second-order valence-corrected chi connectivity index (χ2v) is 10.6. The van der Waals surface area contributed by atoms with E-state index >= 15 is 0 Å². The van der Waals surface area contributed by atoms with Crippen LogP contribution in [0.2, 0.25) is 0 Å². The molecular weight excluding hydrogens is 420 g/mol. The molecule has 5 rings (SSSR count). The molecule has 0 aromatic heterocycles. The molecule has 1 N–H and O–H groups in total. The minimum Gasteiger partial charge on any atom is -0.367 e. The molecule has 0 radical (unpaired) electrons. The SMILES string of the molecule is CCN(C(=O)C1(c2ccccc2)CCCCC1)C1CC(c2ccccc2)OC2(CCNCC2)C1. The molecule has 2 heterocycles. The Balaban J connectivity index is 1.48. The van der Waals surface area contributed by atoms with E-state index in [0.717, 1.165) is 71.0 Å². The summed E-state index contributed by atoms with van der Waals surface area (Å²) in [6.45, 7) is 4.90. The van der Waals surface area contributed by atoms with Crippen LogP contribution in [0.15, 0.2) is 60.7 Å². The number of carbonyl (C=O) groups excluding carboxylic acids is 1. The first-order valence-corrected chi connectivity index (χ1v) is 13.5. The highest BCUT2D eigenvalue weighted by molar-refractivity contribution is 5.88. The number of hydrogen-bond acceptors (Lipinski definition) is 3. The van der Waals surface area contributed by atoms with Gasteiger partial charge in [0.25, 0.3) is 0 Å². The van der Waals surface area contributed by atoms with Crippen molar-refractivity contribution in [3.63, 3.8) is 0 Å². The molecule has 2 aliphatic heterocycles. The van der Waals surface area contributed by atoms with Crippen LogP contribution in [0.25, 0.3) is 0 Å². The van der Waals surface area contributed by atoms with Crippen LogP contribution < -0.4 is 5.32 Å². The standard InChI is InChI=1S/C30H40N2O2/c1-2-32(28(33)30(16-10-5-11-17-30)25-14-8-4-9-15-25)26-22-27(24-12-6-3-7-13-24)34-29(23-26)18-20-31-21-19-29/h3-4,6-9,12-15,26-27,31H,2,5,10-11,16-23H2,1H3. The van der Waals surface area contributed by atoms with Gasteiger partial charge in [0.15, 0.2) is 0 Å². The monoisotopic (exact) mass is 460 g/mol. The summed E-state index contributed by atoms with van der Waals surface area (Å²) in [5.74, 6) is 0.351. The number of benzene rings is 2. The lowest BCUT2D eigenvalue weighted by molar-refractivity contribution is -0.174. The molecule has 4 nitrogen and oxygen atoms in total. The van der Waals surface area contributed by atoms with Crippen LogP contribution in [0.5, 0.6) is 0 Å². The molecule has 2 unspecified atom stereocenters. The van der Waals surface area contributed by atoms with Gasteiger partial charge < -0.3 is 15.0 Å². The van der Waals surface area contributed by atoms with Gasteiger partial charge in [0.05, 0.1) is 17.1 Å². The Bertz CT molecular complexity index is 933. The van der Waals surface area contributed by atoms with Crippen LogP contribution in [0.4, 0.5) is 0 Å². The fraction of sp³-hybridized carbons (Fsp3) is 0.567. The summed E-state index contributed by atoms with van der Waals surface area (Å²) in [5, 5.41) is 3.51. The Morgan fingerprint density at radius 3 is 2.24 bits per heavy atom. The van der Waals surface area contributed by atoms with E-state index in [4.69, 9.17) is 4.74 Å². The fourth-order valence-electron chi connectivity index (χ4n) is 6.85. The quantitative estimate of drug-likeness (QED) is 0.615. The van der Waals surface area contributed by atoms with Crippen LogP contribution in [0, 0.1) is 0 Å². The van der Waals surface area contributed by atoms with Gasteiger partial charge in [0.2, 0.25) is 5.91 Å². The largest absolute Gasteiger partial charge is 0.367 e. The summed E-state index contributed by atoms with van der Waals surface area (Å²) >= 11 is 0. The maximum atomic E-state index is 14.5. The van der Waals surface area contributed by atoms with E-state index in [-0.39, 0.29) is 23.2 Å². The van der Waals surface area contributed by atoms with Crippen molar-refractivity contribution in [2.24, 2.45) is 0 Å². The predicted molar refractivity (Wildman–Crippen MR) is 137 cm³/mol. The second kappa shape index (κ2) is 10.2. The molecule has 2 atom stereocenters. The van der Waals surface area contributed by atoms with E-state index in [1.165, 1.54) is 17.5 Å². The van der Waals surface area contributed by atoms with Gasteiger partial charge in [-0.1, -0.05) is 79.9 Å². The lowest BCUT2D eigenvalue weighted by Gasteiger charge is -2.51. The van der Waals surface area contributed by atoms with Gasteiger partial charge in [-0.25, -0.2) is 0 Å². The van der Waals surface area contributed by atoms with Gasteiger partial charge in [-0.3, -0.25) is 4.79 Å². The zero-order valence-electron chi connectivity index (χ0n) is 20.7. The van der Waals surface area contributed by atoms with Gasteiger partial charge in [0.1, 0.15) is 0 Å². The van der Waals surface area contributed by atoms with Crippen molar-refractivity contribution in [3.8, 4) is 0 Å². The normalized spacial score (nSPS) is 26.1. The Labute approximate surface area is 205 Å². The van der Waals surface area contributed by atoms with E-state index in [0.29, 0.717) is 5.91 Å². The number of amides is 1. The zero-order chi connectivity index (χ0) is 23.4. The first-order valence-electron chi connectivity index (χ1n) is 13.5. The smallest absolute Gasteiger partial charge is 0.233 e. The Morgan fingerprint density at radius 2 is 1.59 bits per heavy atom. The highest BCUT2D eigenvalue weighted by Gasteiger charge is 2.49.